The number of carbonyl (C=O) groups excluding carboxylic acids is 2. The molecule has 1 aromatic heterocycles. The molecule has 0 spiro atoms. The van der Waals surface area contributed by atoms with Crippen LogP contribution in [0.3, 0.4) is 0 Å². The molecule has 1 atom stereocenters. The van der Waals surface area contributed by atoms with E-state index >= 15 is 4.39 Å². The molecule has 232 valence electrons. The first kappa shape index (κ1) is 32.4. The van der Waals surface area contributed by atoms with Gasteiger partial charge in [0, 0.05) is 37.3 Å². The Hall–Kier alpha value is -3.56. The lowest BCUT2D eigenvalue weighted by Crippen LogP contribution is -2.40. The quantitative estimate of drug-likeness (QED) is 0.112. The Balaban J connectivity index is 1.50. The van der Waals surface area contributed by atoms with Gasteiger partial charge in [-0.05, 0) is 46.8 Å². The molecule has 10 nitrogen and oxygen atoms in total. The van der Waals surface area contributed by atoms with Gasteiger partial charge in [-0.3, -0.25) is 14.5 Å². The number of alkyl halides is 4. The van der Waals surface area contributed by atoms with Gasteiger partial charge in [0.25, 0.3) is 5.91 Å². The Kier molecular flexibility index (Phi) is 9.47. The van der Waals surface area contributed by atoms with Crippen molar-refractivity contribution in [1.82, 2.24) is 20.2 Å². The fraction of sp³-hybridized carbons (Fsp3) is 0.444. The second-order valence-corrected chi connectivity index (χ2v) is 17.1. The van der Waals surface area contributed by atoms with E-state index in [2.05, 4.69) is 35.2 Å². The minimum absolute atomic E-state index is 0.0490. The Bertz CT molecular complexity index is 1500. The monoisotopic (exact) mass is 643 g/mol. The number of aryl methyl sites for hydroxylation is 1. The molecule has 0 bridgehead atoms. The lowest BCUT2D eigenvalue weighted by Gasteiger charge is -2.23. The van der Waals surface area contributed by atoms with E-state index < -0.39 is 49.8 Å². The molecule has 4 rings (SSSR count). The standard InChI is InChI=1S/C27H30ClF4N5O5Si/c1-40-22-8-6-18(28)14-20(22)26(29)19-7-5-17(27(30,31)32)13-21(19)36(25(26)39)15-42-24(38)10-9-23-33-34-35-37(23)16-41-11-12-43(2,3)4/h5-8,13-14H,9-12,15-16H2,1-4H3/t26-/m0/s1. The number of hydrogen-bond donors (Lipinski definition) is 0. The number of methoxy groups -OCH3 is 1. The molecule has 3 aromatic rings. The van der Waals surface area contributed by atoms with E-state index in [4.69, 9.17) is 25.8 Å². The van der Waals surface area contributed by atoms with Crippen LogP contribution in [0, 0.1) is 0 Å². The number of amides is 1. The molecule has 0 saturated carbocycles. The molecule has 0 N–H and O–H groups in total. The Labute approximate surface area is 250 Å². The van der Waals surface area contributed by atoms with Crippen molar-refractivity contribution in [1.29, 1.82) is 0 Å². The Morgan fingerprint density at radius 3 is 2.51 bits per heavy atom. The number of benzene rings is 2. The highest BCUT2D eigenvalue weighted by molar-refractivity contribution is 6.76. The van der Waals surface area contributed by atoms with Crippen molar-refractivity contribution in [2.75, 3.05) is 25.3 Å². The van der Waals surface area contributed by atoms with Crippen LogP contribution in [0.1, 0.15) is 28.9 Å². The molecule has 0 radical (unpaired) electrons. The number of hydrogen-bond acceptors (Lipinski definition) is 8. The number of nitrogens with zero attached hydrogens (tertiary/aromatic N) is 5. The highest BCUT2D eigenvalue weighted by atomic mass is 35.5. The van der Waals surface area contributed by atoms with Crippen LogP contribution in [0.25, 0.3) is 0 Å². The summed E-state index contributed by atoms with van der Waals surface area (Å²) >= 11 is 6.07. The molecule has 1 aliphatic heterocycles. The minimum Gasteiger partial charge on any atom is -0.496 e. The van der Waals surface area contributed by atoms with Crippen molar-refractivity contribution in [3.8, 4) is 5.75 Å². The average Bonchev–Trinajstić information content (AvgIpc) is 3.47. The maximum absolute atomic E-state index is 16.8. The van der Waals surface area contributed by atoms with Gasteiger partial charge in [-0.25, -0.2) is 9.07 Å². The van der Waals surface area contributed by atoms with E-state index in [0.29, 0.717) is 29.5 Å². The number of anilines is 1. The van der Waals surface area contributed by atoms with E-state index in [1.807, 2.05) is 0 Å². The summed E-state index contributed by atoms with van der Waals surface area (Å²) in [6.45, 7) is 6.44. The third kappa shape index (κ3) is 7.16. The van der Waals surface area contributed by atoms with Gasteiger partial charge in [0.1, 0.15) is 12.5 Å². The van der Waals surface area contributed by atoms with E-state index in [1.165, 1.54) is 23.9 Å². The second-order valence-electron chi connectivity index (χ2n) is 11.1. The highest BCUT2D eigenvalue weighted by Crippen LogP contribution is 2.51. The number of ether oxygens (including phenoxy) is 3. The lowest BCUT2D eigenvalue weighted by molar-refractivity contribution is -0.144. The van der Waals surface area contributed by atoms with Crippen LogP contribution in [0.4, 0.5) is 23.2 Å². The molecule has 1 amide bonds. The first-order chi connectivity index (χ1) is 20.1. The summed E-state index contributed by atoms with van der Waals surface area (Å²) < 4.78 is 75.0. The van der Waals surface area contributed by atoms with Gasteiger partial charge in [0.15, 0.2) is 12.6 Å². The molecule has 0 aliphatic carbocycles. The summed E-state index contributed by atoms with van der Waals surface area (Å²) in [6, 6.07) is 7.04. The second kappa shape index (κ2) is 12.6. The third-order valence-electron chi connectivity index (χ3n) is 6.78. The summed E-state index contributed by atoms with van der Waals surface area (Å²) in [5, 5.41) is 11.4. The molecule has 16 heteroatoms. The summed E-state index contributed by atoms with van der Waals surface area (Å²) in [5.74, 6) is -1.79. The fourth-order valence-corrected chi connectivity index (χ4v) is 5.35. The first-order valence-corrected chi connectivity index (χ1v) is 17.3. The van der Waals surface area contributed by atoms with E-state index in [0.717, 1.165) is 18.2 Å². The van der Waals surface area contributed by atoms with Crippen molar-refractivity contribution in [3.05, 3.63) is 63.9 Å². The highest BCUT2D eigenvalue weighted by Gasteiger charge is 2.55. The molecule has 2 heterocycles. The van der Waals surface area contributed by atoms with Gasteiger partial charge >= 0.3 is 12.1 Å². The number of halogens is 5. The van der Waals surface area contributed by atoms with Crippen LogP contribution in [-0.2, 0) is 44.1 Å². The lowest BCUT2D eigenvalue weighted by atomic mass is 9.88. The number of esters is 1. The van der Waals surface area contributed by atoms with Crippen LogP contribution in [-0.4, -0.2) is 60.6 Å². The maximum atomic E-state index is 16.8. The largest absolute Gasteiger partial charge is 0.496 e. The van der Waals surface area contributed by atoms with Gasteiger partial charge in [0.2, 0.25) is 5.67 Å². The van der Waals surface area contributed by atoms with Gasteiger partial charge in [-0.15, -0.1) is 5.10 Å². The van der Waals surface area contributed by atoms with Gasteiger partial charge in [0.05, 0.1) is 24.8 Å². The summed E-state index contributed by atoms with van der Waals surface area (Å²) in [6.07, 6.45) is -4.95. The van der Waals surface area contributed by atoms with Gasteiger partial charge in [-0.2, -0.15) is 13.2 Å². The summed E-state index contributed by atoms with van der Waals surface area (Å²) in [4.78, 5) is 26.8. The Morgan fingerprint density at radius 1 is 1.09 bits per heavy atom. The van der Waals surface area contributed by atoms with Crippen LogP contribution in [0.5, 0.6) is 5.75 Å². The van der Waals surface area contributed by atoms with Crippen molar-refractivity contribution in [2.24, 2.45) is 0 Å². The summed E-state index contributed by atoms with van der Waals surface area (Å²) in [7, 11) is -0.0367. The molecular weight excluding hydrogens is 614 g/mol. The zero-order valence-electron chi connectivity index (χ0n) is 23.9. The number of aromatic nitrogens is 4. The smallest absolute Gasteiger partial charge is 0.416 e. The normalized spacial score (nSPS) is 16.9. The van der Waals surface area contributed by atoms with E-state index in [-0.39, 0.29) is 41.5 Å². The predicted octanol–water partition coefficient (Wildman–Crippen LogP) is 5.36. The maximum Gasteiger partial charge on any atom is 0.416 e. The molecule has 0 unspecified atom stereocenters. The van der Waals surface area contributed by atoms with Crippen molar-refractivity contribution in [3.63, 3.8) is 0 Å². The zero-order valence-corrected chi connectivity index (χ0v) is 25.6. The molecule has 2 aromatic carbocycles. The number of rotatable bonds is 12. The van der Waals surface area contributed by atoms with Gasteiger partial charge < -0.3 is 14.2 Å². The van der Waals surface area contributed by atoms with Crippen LogP contribution in [0.15, 0.2) is 36.4 Å². The van der Waals surface area contributed by atoms with Crippen molar-refractivity contribution < 1.29 is 41.4 Å². The Morgan fingerprint density at radius 2 is 1.84 bits per heavy atom. The van der Waals surface area contributed by atoms with Gasteiger partial charge in [-0.1, -0.05) is 37.3 Å². The molecule has 1 aliphatic rings. The first-order valence-electron chi connectivity index (χ1n) is 13.2. The van der Waals surface area contributed by atoms with E-state index in [9.17, 15) is 22.8 Å². The molecule has 0 fully saturated rings. The molecule has 43 heavy (non-hydrogen) atoms. The predicted molar refractivity (Wildman–Crippen MR) is 150 cm³/mol. The minimum atomic E-state index is -4.78. The molecule has 0 saturated heterocycles. The number of carbonyl (C=O) groups is 2. The SMILES string of the molecule is COc1ccc(Cl)cc1[C@]1(F)C(=O)N(COC(=O)CCc2nnnn2COCC[Si](C)(C)C)c2cc(C(F)(F)F)ccc21. The van der Waals surface area contributed by atoms with Crippen LogP contribution >= 0.6 is 11.6 Å². The van der Waals surface area contributed by atoms with Crippen LogP contribution in [0.2, 0.25) is 30.7 Å². The van der Waals surface area contributed by atoms with Crippen LogP contribution < -0.4 is 9.64 Å². The summed E-state index contributed by atoms with van der Waals surface area (Å²) in [5.41, 5.74) is -5.18. The number of fused-ring (bicyclic) bond motifs is 1. The van der Waals surface area contributed by atoms with Crippen molar-refractivity contribution in [2.45, 2.75) is 57.1 Å². The van der Waals surface area contributed by atoms with E-state index in [1.54, 1.807) is 0 Å². The van der Waals surface area contributed by atoms with Crippen molar-refractivity contribution >= 4 is 37.2 Å². The number of tetrazole rings is 1. The molecular formula is C27H30ClF4N5O5Si. The average molecular weight is 644 g/mol. The third-order valence-corrected chi connectivity index (χ3v) is 8.72. The fourth-order valence-electron chi connectivity index (χ4n) is 4.43. The zero-order chi connectivity index (χ0) is 31.6. The topological polar surface area (TPSA) is 109 Å².